The fourth-order valence-electron chi connectivity index (χ4n) is 2.21. The van der Waals surface area contributed by atoms with Crippen LogP contribution in [0.5, 0.6) is 0 Å². The third-order valence-corrected chi connectivity index (χ3v) is 4.41. The fourth-order valence-corrected chi connectivity index (χ4v) is 3.42. The van der Waals surface area contributed by atoms with Gasteiger partial charge in [0.2, 0.25) is 0 Å². The summed E-state index contributed by atoms with van der Waals surface area (Å²) in [6.45, 7) is 0. The molecule has 0 spiro atoms. The second-order valence-electron chi connectivity index (χ2n) is 4.25. The topological polar surface area (TPSA) is 57.2 Å². The molecule has 0 aromatic heterocycles. The summed E-state index contributed by atoms with van der Waals surface area (Å²) in [5.74, 6) is 0. The Balaban J connectivity index is 0.00000147. The maximum absolute atomic E-state index is 11.4. The van der Waals surface area contributed by atoms with Gasteiger partial charge in [0, 0.05) is 5.39 Å². The normalized spacial score (nSPS) is 11.5. The number of rotatable bonds is 1. The summed E-state index contributed by atoms with van der Waals surface area (Å²) in [4.78, 5) is -0.350. The zero-order valence-corrected chi connectivity index (χ0v) is 15.3. The molecular weight excluding hydrogens is 323 g/mol. The minimum absolute atomic E-state index is 0. The van der Waals surface area contributed by atoms with Crippen molar-refractivity contribution in [3.05, 3.63) is 53.6 Å². The van der Waals surface area contributed by atoms with Crippen LogP contribution in [-0.4, -0.2) is 13.0 Å². The zero-order chi connectivity index (χ0) is 13.6. The largest absolute Gasteiger partial charge is 1.00 e. The van der Waals surface area contributed by atoms with Gasteiger partial charge in [-0.25, -0.2) is 8.42 Å². The van der Waals surface area contributed by atoms with E-state index in [1.54, 1.807) is 12.1 Å². The molecule has 0 aliphatic rings. The average molecular weight is 331 g/mol. The molecule has 0 amide bonds. The van der Waals surface area contributed by atoms with E-state index in [0.29, 0.717) is 10.8 Å². The third kappa shape index (κ3) is 2.96. The van der Waals surface area contributed by atoms with Crippen LogP contribution in [0.3, 0.4) is 0 Å². The summed E-state index contributed by atoms with van der Waals surface area (Å²) in [6.07, 6.45) is 0. The van der Waals surface area contributed by atoms with Gasteiger partial charge in [0.25, 0.3) is 0 Å². The number of benzene rings is 3. The summed E-state index contributed by atoms with van der Waals surface area (Å²) in [5.41, 5.74) is 0. The van der Waals surface area contributed by atoms with Crippen molar-refractivity contribution in [3.8, 4) is 0 Å². The Morgan fingerprint density at radius 3 is 2.10 bits per heavy atom. The van der Waals surface area contributed by atoms with Crippen LogP contribution in [0.15, 0.2) is 53.4 Å². The van der Waals surface area contributed by atoms with Gasteiger partial charge in [-0.1, -0.05) is 41.9 Å². The molecule has 0 aliphatic heterocycles. The molecule has 6 heteroatoms. The summed E-state index contributed by atoms with van der Waals surface area (Å²) in [5, 5.41) is 2.84. The van der Waals surface area contributed by atoms with Gasteiger partial charge in [0.15, 0.2) is 0 Å². The summed E-state index contributed by atoms with van der Waals surface area (Å²) >= 11 is 5.86. The molecule has 0 saturated carbocycles. The van der Waals surface area contributed by atoms with E-state index in [0.717, 1.165) is 10.8 Å². The van der Waals surface area contributed by atoms with E-state index in [4.69, 9.17) is 11.6 Å². The second kappa shape index (κ2) is 6.02. The standard InChI is InChI=1S/C14H9ClO3S.K/c15-13-6-5-11-7-9-3-1-2-4-10(9)8-12(11)14(13)19(16,17)18;/h1-8H,(H,16,17,18);/q;+1/p-1. The maximum Gasteiger partial charge on any atom is 1.00 e. The summed E-state index contributed by atoms with van der Waals surface area (Å²) in [7, 11) is -4.61. The molecule has 96 valence electrons. The van der Waals surface area contributed by atoms with Crippen molar-refractivity contribution >= 4 is 43.3 Å². The predicted molar refractivity (Wildman–Crippen MR) is 74.4 cm³/mol. The molecule has 0 unspecified atom stereocenters. The van der Waals surface area contributed by atoms with Crippen molar-refractivity contribution in [2.24, 2.45) is 0 Å². The smallest absolute Gasteiger partial charge is 0.744 e. The summed E-state index contributed by atoms with van der Waals surface area (Å²) < 4.78 is 34.1. The average Bonchev–Trinajstić information content (AvgIpc) is 2.34. The summed E-state index contributed by atoms with van der Waals surface area (Å²) in [6, 6.07) is 14.2. The molecule has 0 N–H and O–H groups in total. The fraction of sp³-hybridized carbons (Fsp3) is 0. The van der Waals surface area contributed by atoms with E-state index in [1.807, 2.05) is 30.3 Å². The zero-order valence-electron chi connectivity index (χ0n) is 10.6. The van der Waals surface area contributed by atoms with Gasteiger partial charge in [-0.2, -0.15) is 0 Å². The minimum atomic E-state index is -4.61. The Morgan fingerprint density at radius 1 is 0.900 bits per heavy atom. The van der Waals surface area contributed by atoms with E-state index >= 15 is 0 Å². The van der Waals surface area contributed by atoms with Crippen LogP contribution in [0.2, 0.25) is 5.02 Å². The van der Waals surface area contributed by atoms with Gasteiger partial charge in [-0.3, -0.25) is 0 Å². The van der Waals surface area contributed by atoms with Crippen LogP contribution >= 0.6 is 11.6 Å². The molecular formula is C14H8ClKO3S. The molecule has 0 atom stereocenters. The molecule has 0 fully saturated rings. The van der Waals surface area contributed by atoms with Gasteiger partial charge in [-0.15, -0.1) is 0 Å². The van der Waals surface area contributed by atoms with E-state index in [9.17, 15) is 13.0 Å². The Labute approximate surface area is 164 Å². The van der Waals surface area contributed by atoms with Gasteiger partial charge < -0.3 is 4.55 Å². The van der Waals surface area contributed by atoms with Gasteiger partial charge in [0.05, 0.1) is 9.92 Å². The second-order valence-corrected chi connectivity index (χ2v) is 5.97. The molecule has 3 rings (SSSR count). The first-order valence-corrected chi connectivity index (χ1v) is 7.32. The quantitative estimate of drug-likeness (QED) is 0.372. The van der Waals surface area contributed by atoms with Crippen molar-refractivity contribution < 1.29 is 64.4 Å². The van der Waals surface area contributed by atoms with Crippen LogP contribution in [0.1, 0.15) is 0 Å². The van der Waals surface area contributed by atoms with Crippen LogP contribution in [0.4, 0.5) is 0 Å². The monoisotopic (exact) mass is 330 g/mol. The number of halogens is 1. The van der Waals surface area contributed by atoms with E-state index in [1.165, 1.54) is 6.07 Å². The molecule has 0 radical (unpaired) electrons. The molecule has 3 aromatic carbocycles. The molecule has 3 aromatic rings. The van der Waals surface area contributed by atoms with E-state index in [2.05, 4.69) is 0 Å². The maximum atomic E-state index is 11.4. The van der Waals surface area contributed by atoms with Crippen LogP contribution in [-0.2, 0) is 10.1 Å². The number of fused-ring (bicyclic) bond motifs is 2. The van der Waals surface area contributed by atoms with Gasteiger partial charge >= 0.3 is 51.4 Å². The SMILES string of the molecule is O=S(=O)([O-])c1c(Cl)ccc2cc3ccccc3cc12.[K+]. The Bertz CT molecular complexity index is 907. The van der Waals surface area contributed by atoms with Crippen LogP contribution in [0, 0.1) is 0 Å². The first-order chi connectivity index (χ1) is 8.97. The van der Waals surface area contributed by atoms with Crippen molar-refractivity contribution in [2.45, 2.75) is 4.90 Å². The van der Waals surface area contributed by atoms with Crippen molar-refractivity contribution in [3.63, 3.8) is 0 Å². The minimum Gasteiger partial charge on any atom is -0.744 e. The molecule has 0 aliphatic carbocycles. The van der Waals surface area contributed by atoms with E-state index < -0.39 is 10.1 Å². The molecule has 0 heterocycles. The molecule has 0 bridgehead atoms. The van der Waals surface area contributed by atoms with Crippen LogP contribution in [0.25, 0.3) is 21.5 Å². The van der Waals surface area contributed by atoms with E-state index in [-0.39, 0.29) is 61.3 Å². The van der Waals surface area contributed by atoms with Crippen molar-refractivity contribution in [2.75, 3.05) is 0 Å². The Morgan fingerprint density at radius 2 is 1.50 bits per heavy atom. The number of hydrogen-bond donors (Lipinski definition) is 0. The van der Waals surface area contributed by atoms with Crippen molar-refractivity contribution in [1.29, 1.82) is 0 Å². The third-order valence-electron chi connectivity index (χ3n) is 3.04. The number of hydrogen-bond acceptors (Lipinski definition) is 3. The predicted octanol–water partition coefficient (Wildman–Crippen LogP) is 0.554. The van der Waals surface area contributed by atoms with Crippen molar-refractivity contribution in [1.82, 2.24) is 0 Å². The first kappa shape index (κ1) is 16.4. The first-order valence-electron chi connectivity index (χ1n) is 5.54. The Kier molecular flexibility index (Phi) is 4.93. The molecule has 3 nitrogen and oxygen atoms in total. The molecule has 20 heavy (non-hydrogen) atoms. The Hall–Kier alpha value is 0.0164. The van der Waals surface area contributed by atoms with Gasteiger partial charge in [0.1, 0.15) is 10.1 Å². The van der Waals surface area contributed by atoms with Gasteiger partial charge in [-0.05, 0) is 34.4 Å². The van der Waals surface area contributed by atoms with Crippen LogP contribution < -0.4 is 51.4 Å². The molecule has 0 saturated heterocycles.